The summed E-state index contributed by atoms with van der Waals surface area (Å²) in [6.07, 6.45) is 5.31. The molecule has 1 aliphatic heterocycles. The number of carbonyl (C=O) groups is 1. The van der Waals surface area contributed by atoms with Gasteiger partial charge in [-0.2, -0.15) is 5.10 Å². The smallest absolute Gasteiger partial charge is 0.407 e. The third-order valence-electron chi connectivity index (χ3n) is 6.79. The number of nitrogens with zero attached hydrogens (tertiary/aromatic N) is 7. The Kier molecular flexibility index (Phi) is 5.65. The van der Waals surface area contributed by atoms with Gasteiger partial charge < -0.3 is 14.9 Å². The first-order valence-corrected chi connectivity index (χ1v) is 11.1. The molecule has 0 aromatic carbocycles. The van der Waals surface area contributed by atoms with E-state index in [1.165, 1.54) is 23.5 Å². The van der Waals surface area contributed by atoms with Crippen molar-refractivity contribution in [1.29, 1.82) is 0 Å². The lowest BCUT2D eigenvalue weighted by molar-refractivity contribution is 0.131. The van der Waals surface area contributed by atoms with Crippen molar-refractivity contribution >= 4 is 11.9 Å². The maximum atomic E-state index is 13.6. The summed E-state index contributed by atoms with van der Waals surface area (Å²) in [6, 6.07) is 7.24. The number of aryl methyl sites for hydroxylation is 1. The quantitative estimate of drug-likeness (QED) is 0.615. The second-order valence-electron chi connectivity index (χ2n) is 9.00. The summed E-state index contributed by atoms with van der Waals surface area (Å²) in [6.45, 7) is 2.55. The van der Waals surface area contributed by atoms with E-state index in [0.717, 1.165) is 31.7 Å². The Balaban J connectivity index is 1.21. The molecule has 0 spiro atoms. The van der Waals surface area contributed by atoms with E-state index in [-0.39, 0.29) is 12.4 Å². The molecule has 10 heteroatoms. The molecule has 33 heavy (non-hydrogen) atoms. The van der Waals surface area contributed by atoms with Crippen LogP contribution in [-0.2, 0) is 13.6 Å². The van der Waals surface area contributed by atoms with Crippen LogP contribution in [0.5, 0.6) is 0 Å². The first kappa shape index (κ1) is 21.3. The third kappa shape index (κ3) is 4.50. The molecule has 1 amide bonds. The number of halogens is 1. The highest BCUT2D eigenvalue weighted by molar-refractivity contribution is 5.65. The van der Waals surface area contributed by atoms with E-state index in [1.54, 1.807) is 17.9 Å². The van der Waals surface area contributed by atoms with Crippen molar-refractivity contribution < 1.29 is 14.3 Å². The van der Waals surface area contributed by atoms with E-state index < -0.39 is 6.09 Å². The molecule has 2 fully saturated rings. The number of amides is 1. The molecule has 9 nitrogen and oxygen atoms in total. The number of aromatic nitrogens is 5. The van der Waals surface area contributed by atoms with E-state index in [1.807, 2.05) is 18.2 Å². The minimum Gasteiger partial charge on any atom is -0.465 e. The number of hydrogen-bond donors (Lipinski definition) is 1. The molecule has 0 radical (unpaired) electrons. The predicted molar refractivity (Wildman–Crippen MR) is 119 cm³/mol. The van der Waals surface area contributed by atoms with Crippen LogP contribution in [0.1, 0.15) is 18.7 Å². The molecule has 3 aromatic rings. The average molecular weight is 452 g/mol. The van der Waals surface area contributed by atoms with Gasteiger partial charge in [0, 0.05) is 38.4 Å². The summed E-state index contributed by atoms with van der Waals surface area (Å²) >= 11 is 0. The standard InChI is InChI=1S/C23H26FN7O2/c1-29-22(26-14-27-29)13-31(23(32)33)10-15-5-17-11-30(12-18(17)6-15)21-4-2-3-20(28-21)16-7-19(24)9-25-8-16/h2-4,7-9,14-15,17-18H,5-6,10-13H2,1H3,(H,32,33)/t15?,17-,18+. The van der Waals surface area contributed by atoms with Crippen LogP contribution >= 0.6 is 0 Å². The largest absolute Gasteiger partial charge is 0.465 e. The van der Waals surface area contributed by atoms with Crippen molar-refractivity contribution in [2.24, 2.45) is 24.8 Å². The van der Waals surface area contributed by atoms with E-state index in [9.17, 15) is 14.3 Å². The van der Waals surface area contributed by atoms with E-state index in [0.29, 0.717) is 41.4 Å². The normalized spacial score (nSPS) is 21.9. The molecule has 0 bridgehead atoms. The zero-order valence-corrected chi connectivity index (χ0v) is 18.4. The van der Waals surface area contributed by atoms with Crippen molar-refractivity contribution in [2.45, 2.75) is 19.4 Å². The van der Waals surface area contributed by atoms with Gasteiger partial charge >= 0.3 is 6.09 Å². The Morgan fingerprint density at radius 2 is 2.03 bits per heavy atom. The molecule has 1 unspecified atom stereocenters. The van der Waals surface area contributed by atoms with Crippen LogP contribution in [0, 0.1) is 23.6 Å². The van der Waals surface area contributed by atoms with Crippen molar-refractivity contribution in [3.63, 3.8) is 0 Å². The molecule has 1 saturated carbocycles. The van der Waals surface area contributed by atoms with Gasteiger partial charge in [0.2, 0.25) is 0 Å². The fourth-order valence-corrected chi connectivity index (χ4v) is 5.23. The summed E-state index contributed by atoms with van der Waals surface area (Å²) in [7, 11) is 1.77. The number of carboxylic acid groups (broad SMARTS) is 1. The fourth-order valence-electron chi connectivity index (χ4n) is 5.23. The maximum Gasteiger partial charge on any atom is 0.407 e. The number of hydrogen-bond acceptors (Lipinski definition) is 6. The van der Waals surface area contributed by atoms with Gasteiger partial charge in [-0.05, 0) is 48.8 Å². The molecule has 2 aliphatic rings. The van der Waals surface area contributed by atoms with E-state index in [2.05, 4.69) is 20.0 Å². The molecule has 172 valence electrons. The van der Waals surface area contributed by atoms with Gasteiger partial charge in [-0.1, -0.05) is 6.07 Å². The summed E-state index contributed by atoms with van der Waals surface area (Å²) in [4.78, 5) is 28.4. The molecular weight excluding hydrogens is 425 g/mol. The number of pyridine rings is 2. The van der Waals surface area contributed by atoms with Gasteiger partial charge in [0.05, 0.1) is 18.4 Å². The van der Waals surface area contributed by atoms with Crippen LogP contribution in [0.15, 0.2) is 43.0 Å². The molecule has 3 aromatic heterocycles. The molecule has 1 aliphatic carbocycles. The van der Waals surface area contributed by atoms with Crippen molar-refractivity contribution in [3.05, 3.63) is 54.6 Å². The Bertz CT molecular complexity index is 1140. The zero-order chi connectivity index (χ0) is 22.9. The van der Waals surface area contributed by atoms with Gasteiger partial charge in [-0.15, -0.1) is 0 Å². The van der Waals surface area contributed by atoms with E-state index >= 15 is 0 Å². The Morgan fingerprint density at radius 1 is 1.24 bits per heavy atom. The van der Waals surface area contributed by atoms with E-state index in [4.69, 9.17) is 4.98 Å². The first-order chi connectivity index (χ1) is 16.0. The van der Waals surface area contributed by atoms with Crippen LogP contribution in [-0.4, -0.2) is 60.5 Å². The third-order valence-corrected chi connectivity index (χ3v) is 6.79. The van der Waals surface area contributed by atoms with Crippen LogP contribution in [0.4, 0.5) is 15.0 Å². The van der Waals surface area contributed by atoms with Crippen molar-refractivity contribution in [3.8, 4) is 11.3 Å². The van der Waals surface area contributed by atoms with Crippen molar-refractivity contribution in [2.75, 3.05) is 24.5 Å². The molecule has 4 heterocycles. The van der Waals surface area contributed by atoms with Crippen molar-refractivity contribution in [1.82, 2.24) is 29.6 Å². The van der Waals surface area contributed by atoms with Crippen LogP contribution in [0.3, 0.4) is 0 Å². The number of anilines is 1. The predicted octanol–water partition coefficient (Wildman–Crippen LogP) is 3.05. The van der Waals surface area contributed by atoms with Crippen LogP contribution in [0.2, 0.25) is 0 Å². The average Bonchev–Trinajstić information content (AvgIpc) is 3.48. The molecule has 3 atom stereocenters. The number of fused-ring (bicyclic) bond motifs is 1. The topological polar surface area (TPSA) is 100 Å². The van der Waals surface area contributed by atoms with Gasteiger partial charge in [0.15, 0.2) is 0 Å². The fraction of sp³-hybridized carbons (Fsp3) is 0.435. The summed E-state index contributed by atoms with van der Waals surface area (Å²) in [5, 5.41) is 13.7. The lowest BCUT2D eigenvalue weighted by Crippen LogP contribution is -2.34. The van der Waals surface area contributed by atoms with Crippen LogP contribution < -0.4 is 4.90 Å². The summed E-state index contributed by atoms with van der Waals surface area (Å²) in [5.74, 6) is 2.52. The minimum atomic E-state index is -0.926. The Morgan fingerprint density at radius 3 is 2.70 bits per heavy atom. The highest BCUT2D eigenvalue weighted by atomic mass is 19.1. The lowest BCUT2D eigenvalue weighted by atomic mass is 10.0. The summed E-state index contributed by atoms with van der Waals surface area (Å²) in [5.41, 5.74) is 1.36. The van der Waals surface area contributed by atoms with Gasteiger partial charge in [0.25, 0.3) is 0 Å². The Hall–Kier alpha value is -3.56. The zero-order valence-electron chi connectivity index (χ0n) is 18.4. The highest BCUT2D eigenvalue weighted by Crippen LogP contribution is 2.43. The minimum absolute atomic E-state index is 0.245. The lowest BCUT2D eigenvalue weighted by Gasteiger charge is -2.24. The van der Waals surface area contributed by atoms with Gasteiger partial charge in [-0.3, -0.25) is 9.67 Å². The Labute approximate surface area is 190 Å². The van der Waals surface area contributed by atoms with Gasteiger partial charge in [0.1, 0.15) is 23.8 Å². The second kappa shape index (κ2) is 8.76. The second-order valence-corrected chi connectivity index (χ2v) is 9.00. The molecule has 5 rings (SSSR count). The number of rotatable bonds is 6. The SMILES string of the molecule is Cn1ncnc1CN(CC1C[C@@H]2CN(c3cccc(-c4cncc(F)c4)n3)C[C@@H]2C1)C(=O)O. The molecular formula is C23H26FN7O2. The first-order valence-electron chi connectivity index (χ1n) is 11.1. The van der Waals surface area contributed by atoms with Gasteiger partial charge in [-0.25, -0.2) is 19.2 Å². The monoisotopic (exact) mass is 451 g/mol. The molecule has 1 N–H and O–H groups in total. The molecule has 1 saturated heterocycles. The maximum absolute atomic E-state index is 13.6. The summed E-state index contributed by atoms with van der Waals surface area (Å²) < 4.78 is 15.2. The highest BCUT2D eigenvalue weighted by Gasteiger charge is 2.42. The van der Waals surface area contributed by atoms with Crippen LogP contribution in [0.25, 0.3) is 11.3 Å².